The van der Waals surface area contributed by atoms with E-state index in [-0.39, 0.29) is 36.9 Å². The molecule has 0 atom stereocenters. The van der Waals surface area contributed by atoms with Gasteiger partial charge in [0.15, 0.2) is 5.96 Å². The van der Waals surface area contributed by atoms with E-state index in [1.807, 2.05) is 0 Å². The molecule has 0 aliphatic heterocycles. The Morgan fingerprint density at radius 2 is 1.92 bits per heavy atom. The molecule has 0 bridgehead atoms. The third-order valence-electron chi connectivity index (χ3n) is 0.600. The fourth-order valence-electron chi connectivity index (χ4n) is 0.312. The van der Waals surface area contributed by atoms with Crippen LogP contribution in [0.4, 0.5) is 0 Å². The summed E-state index contributed by atoms with van der Waals surface area (Å²) in [5.74, 6) is -1.49. The van der Waals surface area contributed by atoms with Crippen LogP contribution in [0.3, 0.4) is 0 Å². The Bertz CT molecular complexity index is 300. The van der Waals surface area contributed by atoms with E-state index >= 15 is 0 Å². The fourth-order valence-corrected chi connectivity index (χ4v) is 0.624. The first kappa shape index (κ1) is 15.1. The van der Waals surface area contributed by atoms with Gasteiger partial charge in [-0.05, 0) is 0 Å². The van der Waals surface area contributed by atoms with E-state index in [1.54, 1.807) is 0 Å². The van der Waals surface area contributed by atoms with Gasteiger partial charge in [0.25, 0.3) is 0 Å². The molecule has 0 aromatic carbocycles. The monoisotopic (exact) mass is 220 g/mol. The van der Waals surface area contributed by atoms with Gasteiger partial charge in [0, 0.05) is 0 Å². The molecule has 0 fully saturated rings. The van der Waals surface area contributed by atoms with Crippen molar-refractivity contribution in [3.8, 4) is 0 Å². The molecule has 0 amide bonds. The van der Waals surface area contributed by atoms with Gasteiger partial charge in [-0.25, -0.2) is 9.79 Å². The number of hydrogen-bond donors (Lipinski definition) is 3. The summed E-state index contributed by atoms with van der Waals surface area (Å²) in [6.07, 6.45) is 0. The topological polar surface area (TPSA) is 151 Å². The molecule has 0 aromatic rings. The average Bonchev–Trinajstić information content (AvgIpc) is 1.79. The molecule has 0 heterocycles. The number of rotatable bonds is 3. The molecular weight excluding hydrogens is 211 g/mol. The van der Waals surface area contributed by atoms with E-state index in [2.05, 4.69) is 14.3 Å². The Morgan fingerprint density at radius 3 is 2.23 bits per heavy atom. The molecule has 10 heteroatoms. The van der Waals surface area contributed by atoms with Crippen molar-refractivity contribution in [2.45, 2.75) is 0 Å². The van der Waals surface area contributed by atoms with E-state index < -0.39 is 22.8 Å². The van der Waals surface area contributed by atoms with Crippen LogP contribution in [-0.4, -0.2) is 26.9 Å². The summed E-state index contributed by atoms with van der Waals surface area (Å²) in [7, 11) is -4.27. The molecule has 72 valence electrons. The van der Waals surface area contributed by atoms with Crippen molar-refractivity contribution >= 4 is 22.2 Å². The SMILES string of the molecule is NC(N)=NCC(=O)OS(N)(=O)=O.[H-].[Na+]. The quantitative estimate of drug-likeness (QED) is 0.245. The van der Waals surface area contributed by atoms with Crippen molar-refractivity contribution in [3.63, 3.8) is 0 Å². The summed E-state index contributed by atoms with van der Waals surface area (Å²) in [6, 6.07) is 0. The third kappa shape index (κ3) is 11.7. The molecule has 0 saturated carbocycles. The molecule has 6 N–H and O–H groups in total. The van der Waals surface area contributed by atoms with Gasteiger partial charge >= 0.3 is 45.8 Å². The molecular formula is C3H9N4NaO4S. The molecule has 0 radical (unpaired) electrons. The molecule has 0 unspecified atom stereocenters. The van der Waals surface area contributed by atoms with E-state index in [0.29, 0.717) is 0 Å². The van der Waals surface area contributed by atoms with Crippen molar-refractivity contribution in [1.29, 1.82) is 0 Å². The van der Waals surface area contributed by atoms with E-state index in [1.165, 1.54) is 0 Å². The molecule has 0 aliphatic carbocycles. The summed E-state index contributed by atoms with van der Waals surface area (Å²) in [6.45, 7) is -0.585. The van der Waals surface area contributed by atoms with E-state index in [0.717, 1.165) is 0 Å². The number of nitrogens with zero attached hydrogens (tertiary/aromatic N) is 1. The Hall–Kier alpha value is -0.350. The van der Waals surface area contributed by atoms with Crippen molar-refractivity contribution in [2.24, 2.45) is 21.6 Å². The van der Waals surface area contributed by atoms with Crippen LogP contribution in [0.5, 0.6) is 0 Å². The molecule has 0 aromatic heterocycles. The first-order chi connectivity index (χ1) is 5.31. The minimum atomic E-state index is -4.27. The maximum absolute atomic E-state index is 10.5. The second kappa shape index (κ2) is 6.16. The Morgan fingerprint density at radius 1 is 1.46 bits per heavy atom. The number of hydrogen-bond acceptors (Lipinski definition) is 5. The fraction of sp³-hybridized carbons (Fsp3) is 0.333. The minimum Gasteiger partial charge on any atom is -1.00 e. The van der Waals surface area contributed by atoms with Gasteiger partial charge in [0.05, 0.1) is 0 Å². The van der Waals surface area contributed by atoms with Gasteiger partial charge in [0.2, 0.25) is 0 Å². The van der Waals surface area contributed by atoms with Crippen LogP contribution in [0.25, 0.3) is 0 Å². The Balaban J connectivity index is -0.000000605. The maximum Gasteiger partial charge on any atom is 1.00 e. The summed E-state index contributed by atoms with van der Waals surface area (Å²) in [5.41, 5.74) is 9.69. The van der Waals surface area contributed by atoms with Gasteiger partial charge in [-0.1, -0.05) is 0 Å². The van der Waals surface area contributed by atoms with Gasteiger partial charge in [0.1, 0.15) is 6.54 Å². The number of carbonyl (C=O) groups is 1. The number of carbonyl (C=O) groups excluding carboxylic acids is 1. The van der Waals surface area contributed by atoms with Crippen molar-refractivity contribution < 1.29 is 48.4 Å². The average molecular weight is 220 g/mol. The third-order valence-corrected chi connectivity index (χ3v) is 1.02. The normalized spacial score (nSPS) is 9.62. The zero-order valence-corrected chi connectivity index (χ0v) is 9.74. The predicted octanol–water partition coefficient (Wildman–Crippen LogP) is -5.88. The van der Waals surface area contributed by atoms with E-state index in [4.69, 9.17) is 11.5 Å². The van der Waals surface area contributed by atoms with Crippen LogP contribution in [0.15, 0.2) is 4.99 Å². The smallest absolute Gasteiger partial charge is 1.00 e. The molecule has 0 aliphatic rings. The zero-order valence-electron chi connectivity index (χ0n) is 7.93. The summed E-state index contributed by atoms with van der Waals surface area (Å²) < 4.78 is 23.9. The van der Waals surface area contributed by atoms with Crippen LogP contribution in [-0.2, 0) is 19.3 Å². The van der Waals surface area contributed by atoms with Gasteiger partial charge < -0.3 is 17.1 Å². The maximum atomic E-state index is 10.5. The van der Waals surface area contributed by atoms with Crippen molar-refractivity contribution in [2.75, 3.05) is 6.54 Å². The zero-order chi connectivity index (χ0) is 9.78. The first-order valence-electron chi connectivity index (χ1n) is 2.61. The minimum absolute atomic E-state index is 0. The van der Waals surface area contributed by atoms with Crippen LogP contribution >= 0.6 is 0 Å². The molecule has 0 spiro atoms. The van der Waals surface area contributed by atoms with Crippen LogP contribution in [0.2, 0.25) is 0 Å². The van der Waals surface area contributed by atoms with E-state index in [9.17, 15) is 13.2 Å². The summed E-state index contributed by atoms with van der Waals surface area (Å²) in [4.78, 5) is 13.6. The number of nitrogens with two attached hydrogens (primary N) is 3. The first-order valence-corrected chi connectivity index (χ1v) is 4.09. The van der Waals surface area contributed by atoms with Crippen molar-refractivity contribution in [3.05, 3.63) is 0 Å². The molecule has 8 nitrogen and oxygen atoms in total. The molecule has 13 heavy (non-hydrogen) atoms. The van der Waals surface area contributed by atoms with Crippen LogP contribution in [0, 0.1) is 0 Å². The Labute approximate surface area is 98.5 Å². The molecule has 0 saturated heterocycles. The second-order valence-electron chi connectivity index (χ2n) is 1.69. The summed E-state index contributed by atoms with van der Waals surface area (Å²) >= 11 is 0. The van der Waals surface area contributed by atoms with Crippen LogP contribution in [0.1, 0.15) is 1.43 Å². The largest absolute Gasteiger partial charge is 1.00 e. The van der Waals surface area contributed by atoms with Gasteiger partial charge in [-0.2, -0.15) is 13.6 Å². The summed E-state index contributed by atoms with van der Waals surface area (Å²) in [5, 5.41) is 4.36. The van der Waals surface area contributed by atoms with Crippen LogP contribution < -0.4 is 46.2 Å². The Kier molecular flexibility index (Phi) is 7.17. The van der Waals surface area contributed by atoms with Gasteiger partial charge in [-0.15, -0.1) is 0 Å². The number of guanidine groups is 1. The number of aliphatic imine (C=N–C) groups is 1. The predicted molar refractivity (Wildman–Crippen MR) is 41.0 cm³/mol. The van der Waals surface area contributed by atoms with Gasteiger partial charge in [-0.3, -0.25) is 0 Å². The molecule has 0 rings (SSSR count). The standard InChI is InChI=1S/C3H8N4O4S.Na.H/c4-3(5)7-1-2(8)11-12(6,9)10;;/h1H2,(H4,4,5,7)(H2,6,9,10);;/q;+1;-1. The van der Waals surface area contributed by atoms with Crippen molar-refractivity contribution in [1.82, 2.24) is 0 Å². The second-order valence-corrected chi connectivity index (χ2v) is 2.84.